The van der Waals surface area contributed by atoms with E-state index in [0.29, 0.717) is 12.3 Å². The Bertz CT molecular complexity index is 1110. The molecule has 0 amide bonds. The van der Waals surface area contributed by atoms with E-state index in [1.807, 2.05) is 12.3 Å². The van der Waals surface area contributed by atoms with Gasteiger partial charge in [0.15, 0.2) is 5.78 Å². The number of fused-ring (bicyclic) bond motifs is 4. The zero-order chi connectivity index (χ0) is 19.3. The molecular weight excluding hydrogens is 344 g/mol. The second-order valence-corrected chi connectivity index (χ2v) is 8.13. The molecule has 3 heteroatoms. The number of hydrogen-bond acceptors (Lipinski definition) is 3. The van der Waals surface area contributed by atoms with E-state index in [2.05, 4.69) is 66.6 Å². The number of nitrogens with zero attached hydrogens (tertiary/aromatic N) is 1. The van der Waals surface area contributed by atoms with E-state index in [0.717, 1.165) is 40.6 Å². The molecule has 1 aliphatic carbocycles. The molecule has 0 fully saturated rings. The molecule has 1 atom stereocenters. The van der Waals surface area contributed by atoms with Crippen molar-refractivity contribution in [3.05, 3.63) is 77.0 Å². The second-order valence-electron chi connectivity index (χ2n) is 8.13. The third-order valence-corrected chi connectivity index (χ3v) is 6.07. The van der Waals surface area contributed by atoms with E-state index in [9.17, 15) is 4.79 Å². The Morgan fingerprint density at radius 1 is 1.04 bits per heavy atom. The van der Waals surface area contributed by atoms with Gasteiger partial charge >= 0.3 is 0 Å². The maximum absolute atomic E-state index is 13.0. The van der Waals surface area contributed by atoms with E-state index >= 15 is 0 Å². The number of ketones is 1. The van der Waals surface area contributed by atoms with Crippen molar-refractivity contribution in [2.24, 2.45) is 0 Å². The number of carbonyl (C=O) groups excluding carboxylic acids is 1. The fourth-order valence-corrected chi connectivity index (χ4v) is 4.61. The van der Waals surface area contributed by atoms with Crippen LogP contribution in [0.5, 0.6) is 0 Å². The SMILES string of the molecule is CC(C)c1ccc(C2Nc3ccc4ncccc4c3C3=C2C(=O)CCC3)cc1. The van der Waals surface area contributed by atoms with E-state index in [1.54, 1.807) is 0 Å². The van der Waals surface area contributed by atoms with Crippen molar-refractivity contribution in [3.63, 3.8) is 0 Å². The second kappa shape index (κ2) is 6.59. The van der Waals surface area contributed by atoms with Crippen molar-refractivity contribution in [1.29, 1.82) is 0 Å². The average Bonchev–Trinajstić information content (AvgIpc) is 2.73. The van der Waals surface area contributed by atoms with Gasteiger partial charge < -0.3 is 5.32 Å². The van der Waals surface area contributed by atoms with Gasteiger partial charge in [-0.25, -0.2) is 0 Å². The summed E-state index contributed by atoms with van der Waals surface area (Å²) in [5.41, 5.74) is 7.89. The first-order valence-corrected chi connectivity index (χ1v) is 10.1. The minimum atomic E-state index is -0.0781. The topological polar surface area (TPSA) is 42.0 Å². The summed E-state index contributed by atoms with van der Waals surface area (Å²) < 4.78 is 0. The molecule has 0 spiro atoms. The highest BCUT2D eigenvalue weighted by Crippen LogP contribution is 2.47. The van der Waals surface area contributed by atoms with E-state index in [-0.39, 0.29) is 11.8 Å². The molecule has 2 heterocycles. The largest absolute Gasteiger partial charge is 0.373 e. The predicted molar refractivity (Wildman–Crippen MR) is 114 cm³/mol. The molecule has 1 unspecified atom stereocenters. The Morgan fingerprint density at radius 2 is 1.86 bits per heavy atom. The van der Waals surface area contributed by atoms with Gasteiger partial charge in [-0.15, -0.1) is 0 Å². The maximum Gasteiger partial charge on any atom is 0.161 e. The molecule has 28 heavy (non-hydrogen) atoms. The normalized spacial score (nSPS) is 18.8. The molecular formula is C25H24N2O. The van der Waals surface area contributed by atoms with Crippen LogP contribution in [-0.2, 0) is 4.79 Å². The van der Waals surface area contributed by atoms with Crippen LogP contribution in [0.1, 0.15) is 61.8 Å². The lowest BCUT2D eigenvalue weighted by Gasteiger charge is -2.35. The number of nitrogens with one attached hydrogen (secondary N) is 1. The van der Waals surface area contributed by atoms with Crippen LogP contribution in [0.2, 0.25) is 0 Å². The highest BCUT2D eigenvalue weighted by Gasteiger charge is 2.34. The molecule has 1 N–H and O–H groups in total. The maximum atomic E-state index is 13.0. The quantitative estimate of drug-likeness (QED) is 0.600. The molecule has 2 aliphatic rings. The van der Waals surface area contributed by atoms with Crippen LogP contribution in [0.25, 0.3) is 16.5 Å². The van der Waals surface area contributed by atoms with Crippen molar-refractivity contribution < 1.29 is 4.79 Å². The Labute approximate surface area is 165 Å². The molecule has 1 aromatic heterocycles. The molecule has 0 radical (unpaired) electrons. The number of Topliss-reactive ketones (excluding diaryl/α,β-unsaturated/α-hetero) is 1. The Kier molecular flexibility index (Phi) is 4.04. The highest BCUT2D eigenvalue weighted by molar-refractivity contribution is 6.12. The number of anilines is 1. The summed E-state index contributed by atoms with van der Waals surface area (Å²) in [6.07, 6.45) is 4.34. The van der Waals surface area contributed by atoms with Gasteiger partial charge in [0.05, 0.1) is 11.6 Å². The monoisotopic (exact) mass is 368 g/mol. The van der Waals surface area contributed by atoms with Gasteiger partial charge in [-0.1, -0.05) is 44.2 Å². The molecule has 0 saturated heterocycles. The molecule has 3 aromatic rings. The first-order chi connectivity index (χ1) is 13.6. The highest BCUT2D eigenvalue weighted by atomic mass is 16.1. The van der Waals surface area contributed by atoms with Gasteiger partial charge in [-0.05, 0) is 53.7 Å². The number of allylic oxidation sites excluding steroid dienone is 1. The summed E-state index contributed by atoms with van der Waals surface area (Å²) in [5, 5.41) is 4.81. The standard InChI is InChI=1S/C25H24N2O/c1-15(2)16-8-10-17(11-9-16)25-24-19(5-3-7-22(24)28)23-18-6-4-14-26-20(18)12-13-21(23)27-25/h4,6,8-15,25,27H,3,5,7H2,1-2H3. The van der Waals surface area contributed by atoms with Crippen LogP contribution in [-0.4, -0.2) is 10.8 Å². The van der Waals surface area contributed by atoms with Gasteiger partial charge in [0.1, 0.15) is 0 Å². The van der Waals surface area contributed by atoms with Gasteiger partial charge in [0.2, 0.25) is 0 Å². The molecule has 5 rings (SSSR count). The third-order valence-electron chi connectivity index (χ3n) is 6.07. The lowest BCUT2D eigenvalue weighted by Crippen LogP contribution is -2.27. The molecule has 0 bridgehead atoms. The summed E-state index contributed by atoms with van der Waals surface area (Å²) in [6.45, 7) is 4.41. The number of aromatic nitrogens is 1. The fourth-order valence-electron chi connectivity index (χ4n) is 4.61. The third kappa shape index (κ3) is 2.65. The fraction of sp³-hybridized carbons (Fsp3) is 0.280. The average molecular weight is 368 g/mol. The minimum Gasteiger partial charge on any atom is -0.373 e. The summed E-state index contributed by atoms with van der Waals surface area (Å²) in [6, 6.07) is 16.9. The van der Waals surface area contributed by atoms with Crippen LogP contribution in [0, 0.1) is 0 Å². The van der Waals surface area contributed by atoms with Gasteiger partial charge in [-0.2, -0.15) is 0 Å². The van der Waals surface area contributed by atoms with Crippen LogP contribution >= 0.6 is 0 Å². The van der Waals surface area contributed by atoms with E-state index in [4.69, 9.17) is 0 Å². The summed E-state index contributed by atoms with van der Waals surface area (Å²) >= 11 is 0. The Hall–Kier alpha value is -2.94. The summed E-state index contributed by atoms with van der Waals surface area (Å²) in [4.78, 5) is 17.5. The smallest absolute Gasteiger partial charge is 0.161 e. The molecule has 3 nitrogen and oxygen atoms in total. The summed E-state index contributed by atoms with van der Waals surface area (Å²) in [7, 11) is 0. The number of benzene rings is 2. The molecule has 0 saturated carbocycles. The van der Waals surface area contributed by atoms with Crippen molar-refractivity contribution in [3.8, 4) is 0 Å². The Balaban J connectivity index is 1.71. The van der Waals surface area contributed by atoms with Crippen molar-refractivity contribution in [2.75, 3.05) is 5.32 Å². The minimum absolute atomic E-state index is 0.0781. The lowest BCUT2D eigenvalue weighted by atomic mass is 9.77. The van der Waals surface area contributed by atoms with Crippen molar-refractivity contribution in [2.45, 2.75) is 45.1 Å². The number of pyridine rings is 1. The van der Waals surface area contributed by atoms with Crippen LogP contribution < -0.4 is 5.32 Å². The lowest BCUT2D eigenvalue weighted by molar-refractivity contribution is -0.116. The predicted octanol–water partition coefficient (Wildman–Crippen LogP) is 6.03. The first kappa shape index (κ1) is 17.2. The van der Waals surface area contributed by atoms with Crippen molar-refractivity contribution in [1.82, 2.24) is 4.98 Å². The zero-order valence-corrected chi connectivity index (χ0v) is 16.3. The summed E-state index contributed by atoms with van der Waals surface area (Å²) in [5.74, 6) is 0.775. The Morgan fingerprint density at radius 3 is 2.64 bits per heavy atom. The first-order valence-electron chi connectivity index (χ1n) is 10.1. The van der Waals surface area contributed by atoms with Gasteiger partial charge in [-0.3, -0.25) is 9.78 Å². The van der Waals surface area contributed by atoms with E-state index in [1.165, 1.54) is 16.7 Å². The number of carbonyl (C=O) groups is 1. The van der Waals surface area contributed by atoms with Crippen LogP contribution in [0.15, 0.2) is 60.3 Å². The van der Waals surface area contributed by atoms with Gasteiger partial charge in [0, 0.05) is 34.8 Å². The van der Waals surface area contributed by atoms with E-state index < -0.39 is 0 Å². The number of hydrogen-bond donors (Lipinski definition) is 1. The number of rotatable bonds is 2. The molecule has 140 valence electrons. The van der Waals surface area contributed by atoms with Crippen molar-refractivity contribution >= 4 is 27.9 Å². The van der Waals surface area contributed by atoms with Crippen LogP contribution in [0.4, 0.5) is 5.69 Å². The molecule has 2 aromatic carbocycles. The van der Waals surface area contributed by atoms with Crippen LogP contribution in [0.3, 0.4) is 0 Å². The molecule has 1 aliphatic heterocycles. The van der Waals surface area contributed by atoms with Gasteiger partial charge in [0.25, 0.3) is 0 Å². The zero-order valence-electron chi connectivity index (χ0n) is 16.3.